The van der Waals surface area contributed by atoms with Gasteiger partial charge in [-0.15, -0.1) is 0 Å². The average Bonchev–Trinajstić information content (AvgIpc) is 2.93. The van der Waals surface area contributed by atoms with Crippen molar-refractivity contribution >= 4 is 17.1 Å². The molecule has 1 nitrogen and oxygen atoms in total. The van der Waals surface area contributed by atoms with Gasteiger partial charge in [-0.05, 0) is 46.4 Å². The van der Waals surface area contributed by atoms with E-state index < -0.39 is 0 Å². The molecule has 21 heavy (non-hydrogen) atoms. The van der Waals surface area contributed by atoms with Crippen LogP contribution in [0.25, 0.3) is 21.9 Å². The molecular formula is C19H13FO. The lowest BCUT2D eigenvalue weighted by molar-refractivity contribution is 0.112. The maximum absolute atomic E-state index is 14.3. The fourth-order valence-corrected chi connectivity index (χ4v) is 3.30. The second-order valence-corrected chi connectivity index (χ2v) is 5.47. The Labute approximate surface area is 122 Å². The summed E-state index contributed by atoms with van der Waals surface area (Å²) < 4.78 is 14.3. The number of aryl methyl sites for hydroxylation is 2. The molecule has 0 saturated heterocycles. The lowest BCUT2D eigenvalue weighted by Gasteiger charge is -2.10. The van der Waals surface area contributed by atoms with Crippen LogP contribution in [0.1, 0.15) is 21.5 Å². The van der Waals surface area contributed by atoms with Crippen molar-refractivity contribution in [3.05, 3.63) is 71.0 Å². The molecule has 0 amide bonds. The molecule has 0 aliphatic heterocycles. The summed E-state index contributed by atoms with van der Waals surface area (Å²) in [7, 11) is 0. The highest BCUT2D eigenvalue weighted by Gasteiger charge is 2.17. The van der Waals surface area contributed by atoms with Crippen LogP contribution >= 0.6 is 0 Å². The van der Waals surface area contributed by atoms with Crippen molar-refractivity contribution in [1.29, 1.82) is 0 Å². The fourth-order valence-electron chi connectivity index (χ4n) is 3.30. The van der Waals surface area contributed by atoms with Crippen LogP contribution in [0.3, 0.4) is 0 Å². The third-order valence-electron chi connectivity index (χ3n) is 4.30. The van der Waals surface area contributed by atoms with Crippen LogP contribution in [0.15, 0.2) is 48.5 Å². The van der Waals surface area contributed by atoms with Gasteiger partial charge in [0.1, 0.15) is 12.1 Å². The Kier molecular flexibility index (Phi) is 2.64. The highest BCUT2D eigenvalue weighted by Crippen LogP contribution is 2.37. The van der Waals surface area contributed by atoms with Crippen LogP contribution < -0.4 is 0 Å². The standard InChI is InChI=1S/C19H13FO/c20-18-10-12(11-21)4-8-16(18)15-9-7-14-6-5-13-2-1-3-17(15)19(13)14/h1-4,7-11H,5-6H2. The Bertz CT molecular complexity index is 870. The second-order valence-electron chi connectivity index (χ2n) is 5.47. The maximum atomic E-state index is 14.3. The summed E-state index contributed by atoms with van der Waals surface area (Å²) >= 11 is 0. The highest BCUT2D eigenvalue weighted by molar-refractivity contribution is 6.01. The quantitative estimate of drug-likeness (QED) is 0.627. The summed E-state index contributed by atoms with van der Waals surface area (Å²) in [5.74, 6) is -0.349. The van der Waals surface area contributed by atoms with Crippen LogP contribution in [-0.2, 0) is 12.8 Å². The molecule has 3 aromatic rings. The van der Waals surface area contributed by atoms with Crippen LogP contribution in [0.4, 0.5) is 4.39 Å². The molecule has 1 aliphatic rings. The van der Waals surface area contributed by atoms with Crippen LogP contribution in [-0.4, -0.2) is 6.29 Å². The van der Waals surface area contributed by atoms with Crippen LogP contribution in [0, 0.1) is 5.82 Å². The molecule has 0 spiro atoms. The lowest BCUT2D eigenvalue weighted by Crippen LogP contribution is -1.90. The van der Waals surface area contributed by atoms with Crippen LogP contribution in [0.5, 0.6) is 0 Å². The van der Waals surface area contributed by atoms with Crippen molar-refractivity contribution in [3.63, 3.8) is 0 Å². The van der Waals surface area contributed by atoms with E-state index in [1.54, 1.807) is 12.1 Å². The number of rotatable bonds is 2. The number of halogens is 1. The predicted octanol–water partition coefficient (Wildman–Crippen LogP) is 4.56. The largest absolute Gasteiger partial charge is 0.298 e. The fraction of sp³-hybridized carbons (Fsp3) is 0.105. The molecule has 0 radical (unpaired) electrons. The first-order chi connectivity index (χ1) is 10.3. The molecule has 3 aromatic carbocycles. The zero-order chi connectivity index (χ0) is 14.4. The first-order valence-electron chi connectivity index (χ1n) is 7.06. The summed E-state index contributed by atoms with van der Waals surface area (Å²) in [4.78, 5) is 10.7. The predicted molar refractivity (Wildman–Crippen MR) is 82.1 cm³/mol. The molecule has 0 N–H and O–H groups in total. The van der Waals surface area contributed by atoms with Gasteiger partial charge in [-0.25, -0.2) is 4.39 Å². The van der Waals surface area contributed by atoms with Crippen molar-refractivity contribution in [2.45, 2.75) is 12.8 Å². The molecule has 4 rings (SSSR count). The Morgan fingerprint density at radius 2 is 1.67 bits per heavy atom. The smallest absolute Gasteiger partial charge is 0.150 e. The van der Waals surface area contributed by atoms with E-state index in [4.69, 9.17) is 0 Å². The minimum absolute atomic E-state index is 0.349. The van der Waals surface area contributed by atoms with Gasteiger partial charge < -0.3 is 0 Å². The van der Waals surface area contributed by atoms with Crippen molar-refractivity contribution in [2.75, 3.05) is 0 Å². The number of aldehydes is 1. The van der Waals surface area contributed by atoms with E-state index in [0.717, 1.165) is 23.8 Å². The molecule has 0 atom stereocenters. The first-order valence-corrected chi connectivity index (χ1v) is 7.06. The summed E-state index contributed by atoms with van der Waals surface area (Å²) in [5, 5.41) is 2.37. The van der Waals surface area contributed by atoms with Gasteiger partial charge in [0.25, 0.3) is 0 Å². The van der Waals surface area contributed by atoms with E-state index in [2.05, 4.69) is 18.2 Å². The van der Waals surface area contributed by atoms with E-state index in [1.165, 1.54) is 22.6 Å². The SMILES string of the molecule is O=Cc1ccc(-c2ccc3c4c(cccc24)CC3)c(F)c1. The summed E-state index contributed by atoms with van der Waals surface area (Å²) in [6, 6.07) is 15.0. The zero-order valence-corrected chi connectivity index (χ0v) is 11.4. The van der Waals surface area contributed by atoms with Gasteiger partial charge in [0, 0.05) is 11.1 Å². The molecule has 2 heteroatoms. The molecular weight excluding hydrogens is 263 g/mol. The Hall–Kier alpha value is -2.48. The van der Waals surface area contributed by atoms with Gasteiger partial charge in [-0.1, -0.05) is 42.5 Å². The monoisotopic (exact) mass is 276 g/mol. The molecule has 0 unspecified atom stereocenters. The third kappa shape index (κ3) is 1.79. The van der Waals surface area contributed by atoms with Gasteiger partial charge in [-0.2, -0.15) is 0 Å². The number of hydrogen-bond donors (Lipinski definition) is 0. The van der Waals surface area contributed by atoms with Crippen molar-refractivity contribution in [2.24, 2.45) is 0 Å². The molecule has 0 bridgehead atoms. The molecule has 0 aromatic heterocycles. The summed E-state index contributed by atoms with van der Waals surface area (Å²) in [6.45, 7) is 0. The second kappa shape index (κ2) is 4.52. The minimum Gasteiger partial charge on any atom is -0.298 e. The number of carbonyl (C=O) groups excluding carboxylic acids is 1. The van der Waals surface area contributed by atoms with Gasteiger partial charge in [0.2, 0.25) is 0 Å². The van der Waals surface area contributed by atoms with E-state index in [1.807, 2.05) is 12.1 Å². The molecule has 1 aliphatic carbocycles. The summed E-state index contributed by atoms with van der Waals surface area (Å²) in [6.07, 6.45) is 2.78. The molecule has 0 heterocycles. The average molecular weight is 276 g/mol. The topological polar surface area (TPSA) is 17.1 Å². The highest BCUT2D eigenvalue weighted by atomic mass is 19.1. The van der Waals surface area contributed by atoms with Gasteiger partial charge in [0.05, 0.1) is 0 Å². The van der Waals surface area contributed by atoms with E-state index in [0.29, 0.717) is 17.4 Å². The maximum Gasteiger partial charge on any atom is 0.150 e. The Morgan fingerprint density at radius 3 is 2.43 bits per heavy atom. The van der Waals surface area contributed by atoms with E-state index in [9.17, 15) is 9.18 Å². The van der Waals surface area contributed by atoms with E-state index in [-0.39, 0.29) is 5.82 Å². The minimum atomic E-state index is -0.349. The number of hydrogen-bond acceptors (Lipinski definition) is 1. The lowest BCUT2D eigenvalue weighted by atomic mass is 9.94. The Balaban J connectivity index is 2.02. The molecule has 102 valence electrons. The van der Waals surface area contributed by atoms with Crippen molar-refractivity contribution < 1.29 is 9.18 Å². The van der Waals surface area contributed by atoms with Crippen molar-refractivity contribution in [3.8, 4) is 11.1 Å². The van der Waals surface area contributed by atoms with Crippen LogP contribution in [0.2, 0.25) is 0 Å². The third-order valence-corrected chi connectivity index (χ3v) is 4.30. The van der Waals surface area contributed by atoms with Gasteiger partial charge in [-0.3, -0.25) is 4.79 Å². The number of benzene rings is 3. The van der Waals surface area contributed by atoms with Gasteiger partial charge >= 0.3 is 0 Å². The molecule has 0 fully saturated rings. The van der Waals surface area contributed by atoms with Crippen molar-refractivity contribution in [1.82, 2.24) is 0 Å². The first kappa shape index (κ1) is 12.3. The molecule has 0 saturated carbocycles. The normalized spacial score (nSPS) is 12.8. The summed E-state index contributed by atoms with van der Waals surface area (Å²) in [5.41, 5.74) is 4.49. The number of carbonyl (C=O) groups is 1. The van der Waals surface area contributed by atoms with E-state index >= 15 is 0 Å². The Morgan fingerprint density at radius 1 is 0.905 bits per heavy atom. The van der Waals surface area contributed by atoms with Gasteiger partial charge in [0.15, 0.2) is 0 Å². The zero-order valence-electron chi connectivity index (χ0n) is 11.4.